The van der Waals surface area contributed by atoms with E-state index < -0.39 is 0 Å². The SMILES string of the molecule is NC(CC1CCOCC1)=NC(=O)c1ccc2c3ccccc3n(C3CCOCC3)c2c1. The summed E-state index contributed by atoms with van der Waals surface area (Å²) >= 11 is 0. The van der Waals surface area contributed by atoms with Crippen molar-refractivity contribution in [1.29, 1.82) is 0 Å². The largest absolute Gasteiger partial charge is 0.387 e. The Morgan fingerprint density at radius 3 is 2.39 bits per heavy atom. The summed E-state index contributed by atoms with van der Waals surface area (Å²) in [6, 6.07) is 14.7. The second-order valence-corrected chi connectivity index (χ2v) is 8.63. The number of fused-ring (bicyclic) bond motifs is 3. The highest BCUT2D eigenvalue weighted by atomic mass is 16.5. The second kappa shape index (κ2) is 8.81. The number of rotatable bonds is 4. The third-order valence-electron chi connectivity index (χ3n) is 6.60. The summed E-state index contributed by atoms with van der Waals surface area (Å²) in [5.74, 6) is 0.598. The van der Waals surface area contributed by atoms with Crippen LogP contribution in [0.25, 0.3) is 21.8 Å². The Labute approximate surface area is 182 Å². The predicted molar refractivity (Wildman–Crippen MR) is 123 cm³/mol. The van der Waals surface area contributed by atoms with Crippen LogP contribution in [0.5, 0.6) is 0 Å². The van der Waals surface area contributed by atoms with E-state index in [0.717, 1.165) is 63.0 Å². The third kappa shape index (κ3) is 4.10. The lowest BCUT2D eigenvalue weighted by Crippen LogP contribution is -2.23. The van der Waals surface area contributed by atoms with E-state index in [1.54, 1.807) is 0 Å². The average molecular weight is 420 g/mol. The van der Waals surface area contributed by atoms with Gasteiger partial charge in [0.2, 0.25) is 0 Å². The van der Waals surface area contributed by atoms with Crippen LogP contribution in [0.1, 0.15) is 48.5 Å². The van der Waals surface area contributed by atoms with Crippen molar-refractivity contribution in [2.75, 3.05) is 26.4 Å². The minimum atomic E-state index is -0.268. The lowest BCUT2D eigenvalue weighted by molar-refractivity contribution is 0.0683. The van der Waals surface area contributed by atoms with Crippen LogP contribution in [-0.2, 0) is 9.47 Å². The maximum atomic E-state index is 12.9. The molecule has 0 radical (unpaired) electrons. The van der Waals surface area contributed by atoms with E-state index in [1.807, 2.05) is 18.2 Å². The highest BCUT2D eigenvalue weighted by molar-refractivity contribution is 6.11. The van der Waals surface area contributed by atoms with Crippen molar-refractivity contribution in [1.82, 2.24) is 4.57 Å². The molecule has 2 fully saturated rings. The van der Waals surface area contributed by atoms with Gasteiger partial charge in [0, 0.05) is 60.7 Å². The van der Waals surface area contributed by atoms with Gasteiger partial charge in [-0.05, 0) is 49.8 Å². The molecule has 0 atom stereocenters. The van der Waals surface area contributed by atoms with Gasteiger partial charge in [-0.25, -0.2) is 0 Å². The zero-order chi connectivity index (χ0) is 21.2. The van der Waals surface area contributed by atoms with Gasteiger partial charge in [0.15, 0.2) is 0 Å². The topological polar surface area (TPSA) is 78.8 Å². The Hall–Kier alpha value is -2.70. The van der Waals surface area contributed by atoms with Crippen molar-refractivity contribution in [2.24, 2.45) is 16.6 Å². The van der Waals surface area contributed by atoms with Crippen molar-refractivity contribution < 1.29 is 14.3 Å². The first-order valence-electron chi connectivity index (χ1n) is 11.3. The number of amidine groups is 1. The molecule has 2 aliphatic rings. The molecule has 1 amide bonds. The van der Waals surface area contributed by atoms with Crippen LogP contribution in [0, 0.1) is 5.92 Å². The van der Waals surface area contributed by atoms with Gasteiger partial charge in [0.1, 0.15) is 5.84 Å². The van der Waals surface area contributed by atoms with E-state index in [1.165, 1.54) is 10.9 Å². The van der Waals surface area contributed by atoms with Gasteiger partial charge in [-0.2, -0.15) is 4.99 Å². The number of aromatic nitrogens is 1. The van der Waals surface area contributed by atoms with Crippen LogP contribution in [0.2, 0.25) is 0 Å². The molecule has 0 saturated carbocycles. The number of para-hydroxylation sites is 1. The molecule has 2 aromatic carbocycles. The van der Waals surface area contributed by atoms with Crippen molar-refractivity contribution in [3.05, 3.63) is 48.0 Å². The molecular weight excluding hydrogens is 390 g/mol. The number of hydrogen-bond donors (Lipinski definition) is 1. The number of amides is 1. The number of benzene rings is 2. The second-order valence-electron chi connectivity index (χ2n) is 8.63. The molecule has 6 heteroatoms. The summed E-state index contributed by atoms with van der Waals surface area (Å²) in [5.41, 5.74) is 9.00. The van der Waals surface area contributed by atoms with E-state index in [9.17, 15) is 4.79 Å². The van der Waals surface area contributed by atoms with Crippen molar-refractivity contribution in [3.8, 4) is 0 Å². The molecule has 3 heterocycles. The standard InChI is InChI=1S/C25H29N3O3/c26-24(15-17-7-11-30-12-8-17)27-25(29)18-5-6-21-20-3-1-2-4-22(20)28(23(21)16-18)19-9-13-31-14-10-19/h1-6,16-17,19H,7-15H2,(H2,26,27,29). The smallest absolute Gasteiger partial charge is 0.278 e. The van der Waals surface area contributed by atoms with Gasteiger partial charge in [-0.3, -0.25) is 4.79 Å². The Bertz CT molecular complexity index is 1120. The minimum Gasteiger partial charge on any atom is -0.387 e. The van der Waals surface area contributed by atoms with Crippen LogP contribution < -0.4 is 5.73 Å². The van der Waals surface area contributed by atoms with E-state index in [0.29, 0.717) is 29.8 Å². The number of aliphatic imine (C=N–C) groups is 1. The lowest BCUT2D eigenvalue weighted by Gasteiger charge is -2.25. The molecule has 0 unspecified atom stereocenters. The summed E-state index contributed by atoms with van der Waals surface area (Å²) in [6.07, 6.45) is 4.55. The van der Waals surface area contributed by atoms with E-state index in [-0.39, 0.29) is 5.91 Å². The summed E-state index contributed by atoms with van der Waals surface area (Å²) in [6.45, 7) is 3.06. The fourth-order valence-corrected chi connectivity index (χ4v) is 4.96. The molecule has 5 rings (SSSR count). The average Bonchev–Trinajstić information content (AvgIpc) is 3.14. The maximum absolute atomic E-state index is 12.9. The minimum absolute atomic E-state index is 0.268. The molecule has 2 aliphatic heterocycles. The van der Waals surface area contributed by atoms with Gasteiger partial charge in [0.05, 0.1) is 5.52 Å². The summed E-state index contributed by atoms with van der Waals surface area (Å²) < 4.78 is 13.4. The van der Waals surface area contributed by atoms with Crippen molar-refractivity contribution >= 4 is 33.5 Å². The number of hydrogen-bond acceptors (Lipinski definition) is 3. The Kier molecular flexibility index (Phi) is 5.74. The Balaban J connectivity index is 1.49. The van der Waals surface area contributed by atoms with Crippen LogP contribution >= 0.6 is 0 Å². The molecule has 162 valence electrons. The maximum Gasteiger partial charge on any atom is 0.278 e. The highest BCUT2D eigenvalue weighted by Crippen LogP contribution is 2.35. The zero-order valence-corrected chi connectivity index (χ0v) is 17.8. The van der Waals surface area contributed by atoms with Crippen LogP contribution in [0.15, 0.2) is 47.5 Å². The van der Waals surface area contributed by atoms with E-state index in [4.69, 9.17) is 15.2 Å². The molecule has 2 saturated heterocycles. The quantitative estimate of drug-likeness (QED) is 0.500. The third-order valence-corrected chi connectivity index (χ3v) is 6.60. The fourth-order valence-electron chi connectivity index (χ4n) is 4.96. The number of nitrogens with two attached hydrogens (primary N) is 1. The van der Waals surface area contributed by atoms with E-state index in [2.05, 4.69) is 33.8 Å². The van der Waals surface area contributed by atoms with Crippen molar-refractivity contribution in [3.63, 3.8) is 0 Å². The van der Waals surface area contributed by atoms with Gasteiger partial charge in [-0.15, -0.1) is 0 Å². The molecule has 0 aliphatic carbocycles. The van der Waals surface area contributed by atoms with Crippen molar-refractivity contribution in [2.45, 2.75) is 38.1 Å². The number of nitrogens with zero attached hydrogens (tertiary/aromatic N) is 2. The number of carbonyl (C=O) groups is 1. The lowest BCUT2D eigenvalue weighted by atomic mass is 9.96. The highest BCUT2D eigenvalue weighted by Gasteiger charge is 2.22. The molecular formula is C25H29N3O3. The van der Waals surface area contributed by atoms with Crippen LogP contribution in [0.3, 0.4) is 0 Å². The first kappa shape index (κ1) is 20.2. The molecule has 3 aromatic rings. The summed E-state index contributed by atoms with van der Waals surface area (Å²) in [5, 5.41) is 2.38. The molecule has 1 aromatic heterocycles. The molecule has 2 N–H and O–H groups in total. The monoisotopic (exact) mass is 419 g/mol. The molecule has 6 nitrogen and oxygen atoms in total. The normalized spacial score (nSPS) is 19.3. The predicted octanol–water partition coefficient (Wildman–Crippen LogP) is 4.46. The summed E-state index contributed by atoms with van der Waals surface area (Å²) in [7, 11) is 0. The fraction of sp³-hybridized carbons (Fsp3) is 0.440. The zero-order valence-electron chi connectivity index (χ0n) is 17.8. The van der Waals surface area contributed by atoms with Crippen LogP contribution in [0.4, 0.5) is 0 Å². The van der Waals surface area contributed by atoms with Gasteiger partial charge in [0.25, 0.3) is 5.91 Å². The first-order valence-corrected chi connectivity index (χ1v) is 11.3. The summed E-state index contributed by atoms with van der Waals surface area (Å²) in [4.78, 5) is 17.2. The molecule has 0 bridgehead atoms. The Morgan fingerprint density at radius 2 is 1.61 bits per heavy atom. The molecule has 0 spiro atoms. The van der Waals surface area contributed by atoms with Gasteiger partial charge in [-0.1, -0.05) is 24.3 Å². The van der Waals surface area contributed by atoms with Gasteiger partial charge >= 0.3 is 0 Å². The van der Waals surface area contributed by atoms with Gasteiger partial charge < -0.3 is 19.8 Å². The molecule has 31 heavy (non-hydrogen) atoms. The first-order chi connectivity index (χ1) is 15.2. The Morgan fingerprint density at radius 1 is 0.935 bits per heavy atom. The van der Waals surface area contributed by atoms with E-state index >= 15 is 0 Å². The number of ether oxygens (including phenoxy) is 2. The number of carbonyl (C=O) groups excluding carboxylic acids is 1. The van der Waals surface area contributed by atoms with Crippen LogP contribution in [-0.4, -0.2) is 42.7 Å².